The minimum Gasteiger partial charge on any atom is -0.390 e. The molecule has 4 atom stereocenters. The Morgan fingerprint density at radius 2 is 1.46 bits per heavy atom. The van der Waals surface area contributed by atoms with Crippen LogP contribution in [0.1, 0.15) is 30.4 Å². The van der Waals surface area contributed by atoms with Gasteiger partial charge in [0.05, 0.1) is 5.92 Å². The lowest BCUT2D eigenvalue weighted by atomic mass is 9.61. The highest BCUT2D eigenvalue weighted by Crippen LogP contribution is 2.72. The van der Waals surface area contributed by atoms with Crippen molar-refractivity contribution in [1.29, 1.82) is 0 Å². The fraction of sp³-hybridized carbons (Fsp3) is 0.478. The molecule has 2 aromatic rings. The molecule has 1 aliphatic heterocycles. The minimum absolute atomic E-state index is 0.362. The Morgan fingerprint density at radius 1 is 0.885 bits per heavy atom. The monoisotopic (exact) mass is 364 g/mol. The van der Waals surface area contributed by atoms with E-state index in [0.717, 1.165) is 5.92 Å². The summed E-state index contributed by atoms with van der Waals surface area (Å²) < 4.78 is 13.9. The molecule has 0 amide bonds. The molecule has 5 rings (SSSR count). The molecular formula is C23H28O2Si. The lowest BCUT2D eigenvalue weighted by Crippen LogP contribution is -2.72. The maximum atomic E-state index is 7.03. The normalized spacial score (nSPS) is 34.3. The van der Waals surface area contributed by atoms with Crippen molar-refractivity contribution in [2.45, 2.75) is 50.3 Å². The average molecular weight is 365 g/mol. The van der Waals surface area contributed by atoms with E-state index in [-0.39, 0.29) is 11.4 Å². The zero-order valence-corrected chi connectivity index (χ0v) is 16.9. The quantitative estimate of drug-likeness (QED) is 0.662. The third-order valence-corrected chi connectivity index (χ3v) is 7.36. The molecule has 1 saturated heterocycles. The molecule has 1 heterocycles. The first-order valence-corrected chi connectivity index (χ1v) is 13.4. The van der Waals surface area contributed by atoms with Gasteiger partial charge < -0.3 is 9.16 Å². The summed E-state index contributed by atoms with van der Waals surface area (Å²) in [4.78, 5) is 0. The Labute approximate surface area is 157 Å². The van der Waals surface area contributed by atoms with Crippen molar-refractivity contribution in [2.24, 2.45) is 17.8 Å². The predicted octanol–water partition coefficient (Wildman–Crippen LogP) is 5.55. The predicted molar refractivity (Wildman–Crippen MR) is 106 cm³/mol. The summed E-state index contributed by atoms with van der Waals surface area (Å²) in [6.45, 7) is 6.87. The van der Waals surface area contributed by atoms with E-state index in [1.807, 2.05) is 0 Å². The number of ether oxygens (including phenoxy) is 1. The molecule has 2 saturated carbocycles. The minimum atomic E-state index is -1.71. The third kappa shape index (κ3) is 2.30. The molecule has 4 unspecified atom stereocenters. The van der Waals surface area contributed by atoms with Gasteiger partial charge in [0, 0.05) is 5.92 Å². The highest BCUT2D eigenvalue weighted by atomic mass is 28.4. The Kier molecular flexibility index (Phi) is 3.56. The highest BCUT2D eigenvalue weighted by Gasteiger charge is 2.76. The summed E-state index contributed by atoms with van der Waals surface area (Å²) in [5, 5.41) is 0. The van der Waals surface area contributed by atoms with Crippen LogP contribution in [0.3, 0.4) is 0 Å². The van der Waals surface area contributed by atoms with Gasteiger partial charge in [-0.1, -0.05) is 60.7 Å². The molecule has 3 aliphatic rings. The van der Waals surface area contributed by atoms with Gasteiger partial charge in [-0.05, 0) is 55.9 Å². The first-order chi connectivity index (χ1) is 12.5. The van der Waals surface area contributed by atoms with Crippen molar-refractivity contribution >= 4 is 8.32 Å². The molecule has 3 heteroatoms. The van der Waals surface area contributed by atoms with Gasteiger partial charge >= 0.3 is 0 Å². The van der Waals surface area contributed by atoms with Crippen molar-refractivity contribution in [3.8, 4) is 0 Å². The van der Waals surface area contributed by atoms with E-state index in [0.29, 0.717) is 11.8 Å². The molecule has 0 bridgehead atoms. The summed E-state index contributed by atoms with van der Waals surface area (Å²) in [5.74, 6) is 1.44. The molecule has 0 spiro atoms. The zero-order chi connectivity index (χ0) is 18.0. The molecule has 2 nitrogen and oxygen atoms in total. The standard InChI is InChI=1S/C23H28O2Si/c1-26(2,3)25-23-20-16-17(20)14-15-21(23)22(24-23,18-10-6-4-7-11-18)19-12-8-5-9-13-19/h4-13,17,20-21H,14-16H2,1-3H3. The van der Waals surface area contributed by atoms with E-state index < -0.39 is 8.32 Å². The number of benzene rings is 2. The van der Waals surface area contributed by atoms with Crippen LogP contribution in [-0.2, 0) is 14.8 Å². The van der Waals surface area contributed by atoms with Crippen LogP contribution in [0.4, 0.5) is 0 Å². The first-order valence-electron chi connectivity index (χ1n) is 9.97. The van der Waals surface area contributed by atoms with E-state index in [9.17, 15) is 0 Å². The van der Waals surface area contributed by atoms with Gasteiger partial charge in [-0.15, -0.1) is 0 Å². The Bertz CT molecular complexity index is 758. The van der Waals surface area contributed by atoms with Crippen LogP contribution in [-0.4, -0.2) is 14.1 Å². The first kappa shape index (κ1) is 16.7. The van der Waals surface area contributed by atoms with Crippen LogP contribution < -0.4 is 0 Å². The molecule has 0 radical (unpaired) electrons. The van der Waals surface area contributed by atoms with Gasteiger partial charge in [0.25, 0.3) is 0 Å². The van der Waals surface area contributed by atoms with Crippen LogP contribution in [0.5, 0.6) is 0 Å². The van der Waals surface area contributed by atoms with Crippen molar-refractivity contribution < 1.29 is 9.16 Å². The van der Waals surface area contributed by atoms with E-state index in [1.165, 1.54) is 30.4 Å². The maximum Gasteiger partial charge on any atom is 0.187 e. The Hall–Kier alpha value is -1.42. The van der Waals surface area contributed by atoms with Crippen LogP contribution in [0.25, 0.3) is 0 Å². The van der Waals surface area contributed by atoms with Gasteiger partial charge in [-0.3, -0.25) is 0 Å². The van der Waals surface area contributed by atoms with E-state index >= 15 is 0 Å². The molecule has 136 valence electrons. The summed E-state index contributed by atoms with van der Waals surface area (Å²) in [5.41, 5.74) is 2.17. The summed E-state index contributed by atoms with van der Waals surface area (Å²) in [7, 11) is -1.71. The van der Waals surface area contributed by atoms with Gasteiger partial charge in [0.2, 0.25) is 0 Å². The SMILES string of the molecule is C[Si](C)(C)OC12OC(c3ccccc3)(c3ccccc3)C1CCC1CC12. The van der Waals surface area contributed by atoms with Crippen molar-refractivity contribution in [1.82, 2.24) is 0 Å². The fourth-order valence-electron chi connectivity index (χ4n) is 5.50. The second-order valence-electron chi connectivity index (χ2n) is 9.24. The van der Waals surface area contributed by atoms with Crippen molar-refractivity contribution in [2.75, 3.05) is 0 Å². The van der Waals surface area contributed by atoms with E-state index in [1.54, 1.807) is 0 Å². The van der Waals surface area contributed by atoms with Crippen LogP contribution >= 0.6 is 0 Å². The lowest BCUT2D eigenvalue weighted by Gasteiger charge is -2.65. The molecular weight excluding hydrogens is 336 g/mol. The molecule has 26 heavy (non-hydrogen) atoms. The number of hydrogen-bond acceptors (Lipinski definition) is 2. The molecule has 0 aromatic heterocycles. The third-order valence-electron chi connectivity index (χ3n) is 6.43. The van der Waals surface area contributed by atoms with Crippen LogP contribution in [0.2, 0.25) is 19.6 Å². The van der Waals surface area contributed by atoms with Gasteiger partial charge in [0.1, 0.15) is 5.60 Å². The second-order valence-corrected chi connectivity index (χ2v) is 13.7. The smallest absolute Gasteiger partial charge is 0.187 e. The van der Waals surface area contributed by atoms with E-state index in [2.05, 4.69) is 80.3 Å². The molecule has 3 fully saturated rings. The summed E-state index contributed by atoms with van der Waals surface area (Å²) in [6.07, 6.45) is 3.78. The Balaban J connectivity index is 1.64. The van der Waals surface area contributed by atoms with E-state index in [4.69, 9.17) is 9.16 Å². The number of rotatable bonds is 4. The zero-order valence-electron chi connectivity index (χ0n) is 15.9. The van der Waals surface area contributed by atoms with Crippen molar-refractivity contribution in [3.05, 3.63) is 71.8 Å². The van der Waals surface area contributed by atoms with Crippen LogP contribution in [0, 0.1) is 17.8 Å². The topological polar surface area (TPSA) is 18.5 Å². The summed E-state index contributed by atoms with van der Waals surface area (Å²) in [6, 6.07) is 21.6. The molecule has 2 aliphatic carbocycles. The lowest BCUT2D eigenvalue weighted by molar-refractivity contribution is -0.415. The van der Waals surface area contributed by atoms with Crippen molar-refractivity contribution in [3.63, 3.8) is 0 Å². The highest BCUT2D eigenvalue weighted by molar-refractivity contribution is 6.69. The molecule has 0 N–H and O–H groups in total. The number of hydrogen-bond donors (Lipinski definition) is 0. The van der Waals surface area contributed by atoms with Crippen LogP contribution in [0.15, 0.2) is 60.7 Å². The fourth-order valence-corrected chi connectivity index (χ4v) is 6.79. The largest absolute Gasteiger partial charge is 0.390 e. The average Bonchev–Trinajstić information content (AvgIpc) is 3.39. The molecule has 2 aromatic carbocycles. The number of fused-ring (bicyclic) bond motifs is 3. The Morgan fingerprint density at radius 3 is 2.00 bits per heavy atom. The van der Waals surface area contributed by atoms with Gasteiger partial charge in [0.15, 0.2) is 14.1 Å². The van der Waals surface area contributed by atoms with Gasteiger partial charge in [-0.25, -0.2) is 0 Å². The second kappa shape index (κ2) is 5.54. The summed E-state index contributed by atoms with van der Waals surface area (Å²) >= 11 is 0. The maximum absolute atomic E-state index is 7.03. The van der Waals surface area contributed by atoms with Gasteiger partial charge in [-0.2, -0.15) is 0 Å².